The molecule has 1 aliphatic rings. The van der Waals surface area contributed by atoms with Crippen molar-refractivity contribution >= 4 is 23.5 Å². The lowest BCUT2D eigenvalue weighted by Crippen LogP contribution is -2.24. The van der Waals surface area contributed by atoms with Crippen molar-refractivity contribution in [2.24, 2.45) is 0 Å². The maximum absolute atomic E-state index is 13.2. The van der Waals surface area contributed by atoms with Crippen LogP contribution in [0.25, 0.3) is 0 Å². The van der Waals surface area contributed by atoms with E-state index >= 15 is 0 Å². The number of anilines is 4. The van der Waals surface area contributed by atoms with E-state index in [0.29, 0.717) is 37.0 Å². The van der Waals surface area contributed by atoms with E-state index in [1.54, 1.807) is 12.1 Å². The Balaban J connectivity index is 1.46. The van der Waals surface area contributed by atoms with Crippen molar-refractivity contribution in [3.63, 3.8) is 0 Å². The number of halogens is 1. The van der Waals surface area contributed by atoms with Crippen LogP contribution in [0.1, 0.15) is 43.2 Å². The summed E-state index contributed by atoms with van der Waals surface area (Å²) >= 11 is 0. The predicted molar refractivity (Wildman–Crippen MR) is 132 cm³/mol. The van der Waals surface area contributed by atoms with E-state index in [1.165, 1.54) is 31.4 Å². The van der Waals surface area contributed by atoms with Gasteiger partial charge in [-0.1, -0.05) is 43.5 Å². The van der Waals surface area contributed by atoms with Gasteiger partial charge in [0.15, 0.2) is 0 Å². The molecule has 0 unspecified atom stereocenters. The molecule has 3 N–H and O–H groups in total. The predicted octanol–water partition coefficient (Wildman–Crippen LogP) is 5.05. The molecular weight excluding hydrogens is 417 g/mol. The number of nitrogens with one attached hydrogen (secondary N) is 3. The lowest BCUT2D eigenvalue weighted by molar-refractivity contribution is 0.461. The van der Waals surface area contributed by atoms with E-state index in [-0.39, 0.29) is 5.82 Å². The Morgan fingerprint density at radius 2 is 1.27 bits per heavy atom. The van der Waals surface area contributed by atoms with Crippen molar-refractivity contribution in [2.45, 2.75) is 51.2 Å². The second-order valence-electron chi connectivity index (χ2n) is 8.68. The zero-order chi connectivity index (χ0) is 23.0. The van der Waals surface area contributed by atoms with Crippen LogP contribution in [-0.2, 0) is 13.1 Å². The Kier molecular flexibility index (Phi) is 7.55. The molecule has 0 bridgehead atoms. The summed E-state index contributed by atoms with van der Waals surface area (Å²) in [6.07, 6.45) is 6.01. The van der Waals surface area contributed by atoms with Crippen LogP contribution >= 0.6 is 0 Å². The van der Waals surface area contributed by atoms with Crippen LogP contribution in [0.2, 0.25) is 0 Å². The minimum atomic E-state index is -0.247. The lowest BCUT2D eigenvalue weighted by Gasteiger charge is -2.23. The molecule has 3 aromatic rings. The number of nitrogens with zero attached hydrogens (tertiary/aromatic N) is 4. The monoisotopic (exact) mass is 449 g/mol. The van der Waals surface area contributed by atoms with Crippen molar-refractivity contribution < 1.29 is 4.39 Å². The van der Waals surface area contributed by atoms with E-state index in [1.807, 2.05) is 14.1 Å². The third-order valence-electron chi connectivity index (χ3n) is 5.84. The van der Waals surface area contributed by atoms with Gasteiger partial charge < -0.3 is 20.9 Å². The summed E-state index contributed by atoms with van der Waals surface area (Å²) in [6, 6.07) is 15.2. The fourth-order valence-electron chi connectivity index (χ4n) is 3.90. The van der Waals surface area contributed by atoms with Gasteiger partial charge in [0.25, 0.3) is 0 Å². The summed E-state index contributed by atoms with van der Waals surface area (Å²) in [5, 5.41) is 10.1. The second-order valence-corrected chi connectivity index (χ2v) is 8.68. The van der Waals surface area contributed by atoms with Gasteiger partial charge in [0.2, 0.25) is 17.8 Å². The molecule has 0 spiro atoms. The van der Waals surface area contributed by atoms with Crippen LogP contribution in [0.15, 0.2) is 48.5 Å². The highest BCUT2D eigenvalue weighted by Gasteiger charge is 2.15. The molecule has 1 heterocycles. The number of aromatic nitrogens is 3. The topological polar surface area (TPSA) is 78.0 Å². The smallest absolute Gasteiger partial charge is 0.229 e. The standard InChI is InChI=1S/C25H32FN7/c1-33(2)22-14-10-19(11-15-22)17-28-24-30-23(27-16-18-8-12-20(26)13-9-18)31-25(32-24)29-21-6-4-3-5-7-21/h8-15,21H,3-7,16-17H2,1-2H3,(H3,27,28,29,30,31,32). The third-order valence-corrected chi connectivity index (χ3v) is 5.84. The van der Waals surface area contributed by atoms with E-state index in [0.717, 1.165) is 29.7 Å². The van der Waals surface area contributed by atoms with Crippen LogP contribution in [-0.4, -0.2) is 35.1 Å². The van der Waals surface area contributed by atoms with Crippen LogP contribution < -0.4 is 20.9 Å². The summed E-state index contributed by atoms with van der Waals surface area (Å²) in [7, 11) is 4.05. The molecular formula is C25H32FN7. The number of hydrogen-bond donors (Lipinski definition) is 3. The highest BCUT2D eigenvalue weighted by Crippen LogP contribution is 2.21. The molecule has 0 atom stereocenters. The van der Waals surface area contributed by atoms with Gasteiger partial charge in [-0.3, -0.25) is 0 Å². The van der Waals surface area contributed by atoms with Crippen molar-refractivity contribution in [1.29, 1.82) is 0 Å². The normalized spacial score (nSPS) is 14.0. The van der Waals surface area contributed by atoms with Crippen LogP contribution in [0.4, 0.5) is 27.9 Å². The molecule has 2 aromatic carbocycles. The Labute approximate surface area is 194 Å². The second kappa shape index (κ2) is 10.9. The fourth-order valence-corrected chi connectivity index (χ4v) is 3.90. The molecule has 4 rings (SSSR count). The van der Waals surface area contributed by atoms with Gasteiger partial charge in [0.1, 0.15) is 5.82 Å². The molecule has 174 valence electrons. The third kappa shape index (κ3) is 6.78. The average Bonchev–Trinajstić information content (AvgIpc) is 2.83. The van der Waals surface area contributed by atoms with Gasteiger partial charge in [-0.25, -0.2) is 4.39 Å². The molecule has 0 saturated heterocycles. The largest absolute Gasteiger partial charge is 0.378 e. The molecule has 1 saturated carbocycles. The van der Waals surface area contributed by atoms with Gasteiger partial charge in [-0.15, -0.1) is 0 Å². The highest BCUT2D eigenvalue weighted by molar-refractivity contribution is 5.47. The quantitative estimate of drug-likeness (QED) is 0.422. The van der Waals surface area contributed by atoms with Gasteiger partial charge in [-0.2, -0.15) is 15.0 Å². The van der Waals surface area contributed by atoms with Crippen molar-refractivity contribution in [3.8, 4) is 0 Å². The Morgan fingerprint density at radius 1 is 0.758 bits per heavy atom. The number of benzene rings is 2. The molecule has 1 aromatic heterocycles. The molecule has 0 amide bonds. The van der Waals surface area contributed by atoms with Gasteiger partial charge in [-0.05, 0) is 48.2 Å². The van der Waals surface area contributed by atoms with Gasteiger partial charge in [0, 0.05) is 38.9 Å². The zero-order valence-electron chi connectivity index (χ0n) is 19.3. The summed E-state index contributed by atoms with van der Waals surface area (Å²) in [5.41, 5.74) is 3.25. The first kappa shape index (κ1) is 22.8. The van der Waals surface area contributed by atoms with Crippen LogP contribution in [0.3, 0.4) is 0 Å². The molecule has 0 radical (unpaired) electrons. The Morgan fingerprint density at radius 3 is 1.82 bits per heavy atom. The number of hydrogen-bond acceptors (Lipinski definition) is 7. The molecule has 8 heteroatoms. The molecule has 1 fully saturated rings. The van der Waals surface area contributed by atoms with Crippen LogP contribution in [0, 0.1) is 5.82 Å². The molecule has 1 aliphatic carbocycles. The van der Waals surface area contributed by atoms with Crippen molar-refractivity contribution in [3.05, 3.63) is 65.5 Å². The minimum absolute atomic E-state index is 0.247. The maximum atomic E-state index is 13.2. The minimum Gasteiger partial charge on any atom is -0.378 e. The Hall–Kier alpha value is -3.42. The van der Waals surface area contributed by atoms with Crippen LogP contribution in [0.5, 0.6) is 0 Å². The summed E-state index contributed by atoms with van der Waals surface area (Å²) < 4.78 is 13.2. The van der Waals surface area contributed by atoms with E-state index < -0.39 is 0 Å². The highest BCUT2D eigenvalue weighted by atomic mass is 19.1. The average molecular weight is 450 g/mol. The van der Waals surface area contributed by atoms with Gasteiger partial charge in [0.05, 0.1) is 0 Å². The summed E-state index contributed by atoms with van der Waals surface area (Å²) in [4.78, 5) is 15.8. The first-order valence-corrected chi connectivity index (χ1v) is 11.6. The first-order chi connectivity index (χ1) is 16.0. The van der Waals surface area contributed by atoms with Crippen molar-refractivity contribution in [1.82, 2.24) is 15.0 Å². The SMILES string of the molecule is CN(C)c1ccc(CNc2nc(NCc3ccc(F)cc3)nc(NC3CCCCC3)n2)cc1. The molecule has 0 aliphatic heterocycles. The fraction of sp³-hybridized carbons (Fsp3) is 0.400. The van der Waals surface area contributed by atoms with E-state index in [2.05, 4.69) is 60.1 Å². The Bertz CT molecular complexity index is 1020. The number of rotatable bonds is 9. The first-order valence-electron chi connectivity index (χ1n) is 11.6. The maximum Gasteiger partial charge on any atom is 0.229 e. The molecule has 33 heavy (non-hydrogen) atoms. The lowest BCUT2D eigenvalue weighted by atomic mass is 9.96. The van der Waals surface area contributed by atoms with Gasteiger partial charge >= 0.3 is 0 Å². The zero-order valence-corrected chi connectivity index (χ0v) is 19.3. The van der Waals surface area contributed by atoms with E-state index in [4.69, 9.17) is 0 Å². The molecule has 7 nitrogen and oxygen atoms in total. The summed E-state index contributed by atoms with van der Waals surface area (Å²) in [5.74, 6) is 1.33. The van der Waals surface area contributed by atoms with Crippen molar-refractivity contribution in [2.75, 3.05) is 34.9 Å². The van der Waals surface area contributed by atoms with E-state index in [9.17, 15) is 4.39 Å². The summed E-state index contributed by atoms with van der Waals surface area (Å²) in [6.45, 7) is 1.11.